The number of para-hydroxylation sites is 1. The lowest BCUT2D eigenvalue weighted by Gasteiger charge is -2.10. The Morgan fingerprint density at radius 2 is 1.89 bits per heavy atom. The number of aryl methyl sites for hydroxylation is 1. The number of nitrogens with zero attached hydrogens (tertiary/aromatic N) is 1. The normalized spacial score (nSPS) is 10.4. The molecule has 0 unspecified atom stereocenters. The summed E-state index contributed by atoms with van der Waals surface area (Å²) in [5, 5.41) is 5.65. The van der Waals surface area contributed by atoms with Crippen LogP contribution in [-0.4, -0.2) is 24.7 Å². The Bertz CT molecular complexity index is 888. The molecule has 2 aromatic carbocycles. The maximum Gasteiger partial charge on any atom is 0.315 e. The molecule has 6 nitrogen and oxygen atoms in total. The van der Waals surface area contributed by atoms with Crippen LogP contribution < -0.4 is 15.4 Å². The molecular weight excluding hydrogens is 342 g/mol. The molecule has 0 saturated heterocycles. The van der Waals surface area contributed by atoms with Crippen LogP contribution in [0, 0.1) is 6.92 Å². The van der Waals surface area contributed by atoms with E-state index in [0.717, 1.165) is 22.6 Å². The molecule has 0 spiro atoms. The lowest BCUT2D eigenvalue weighted by Crippen LogP contribution is -2.36. The van der Waals surface area contributed by atoms with Gasteiger partial charge in [-0.1, -0.05) is 35.9 Å². The van der Waals surface area contributed by atoms with Gasteiger partial charge in [0.1, 0.15) is 12.0 Å². The highest BCUT2D eigenvalue weighted by Crippen LogP contribution is 2.19. The van der Waals surface area contributed by atoms with Crippen molar-refractivity contribution in [2.45, 2.75) is 19.9 Å². The molecule has 0 aliphatic carbocycles. The van der Waals surface area contributed by atoms with Crippen molar-refractivity contribution in [3.63, 3.8) is 0 Å². The summed E-state index contributed by atoms with van der Waals surface area (Å²) in [4.78, 5) is 16.4. The molecule has 0 atom stereocenters. The average Bonchev–Trinajstić information content (AvgIpc) is 3.16. The zero-order valence-electron chi connectivity index (χ0n) is 15.5. The summed E-state index contributed by atoms with van der Waals surface area (Å²) in [6.45, 7) is 2.91. The van der Waals surface area contributed by atoms with Gasteiger partial charge in [-0.2, -0.15) is 0 Å². The maximum atomic E-state index is 12.0. The van der Waals surface area contributed by atoms with Crippen molar-refractivity contribution < 1.29 is 13.9 Å². The summed E-state index contributed by atoms with van der Waals surface area (Å²) in [7, 11) is 1.61. The second-order valence-electron chi connectivity index (χ2n) is 6.18. The molecule has 0 aliphatic heterocycles. The minimum Gasteiger partial charge on any atom is -0.496 e. The number of hydrogen-bond donors (Lipinski definition) is 2. The Kier molecular flexibility index (Phi) is 6.10. The van der Waals surface area contributed by atoms with Gasteiger partial charge in [0.15, 0.2) is 0 Å². The number of aromatic nitrogens is 1. The van der Waals surface area contributed by atoms with Crippen molar-refractivity contribution in [1.29, 1.82) is 0 Å². The van der Waals surface area contributed by atoms with E-state index in [2.05, 4.69) is 15.6 Å². The van der Waals surface area contributed by atoms with Crippen LogP contribution in [0.15, 0.2) is 59.2 Å². The van der Waals surface area contributed by atoms with Crippen molar-refractivity contribution in [2.24, 2.45) is 0 Å². The molecule has 0 radical (unpaired) electrons. The number of benzene rings is 2. The van der Waals surface area contributed by atoms with Crippen LogP contribution in [-0.2, 0) is 13.0 Å². The minimum atomic E-state index is -0.233. The van der Waals surface area contributed by atoms with Gasteiger partial charge in [0.05, 0.1) is 12.8 Å². The molecule has 3 aromatic rings. The third kappa shape index (κ3) is 5.10. The quantitative estimate of drug-likeness (QED) is 0.669. The first-order valence-electron chi connectivity index (χ1n) is 8.81. The molecule has 2 N–H and O–H groups in total. The van der Waals surface area contributed by atoms with Gasteiger partial charge in [0, 0.05) is 30.6 Å². The van der Waals surface area contributed by atoms with E-state index in [1.807, 2.05) is 55.5 Å². The molecule has 0 saturated carbocycles. The lowest BCUT2D eigenvalue weighted by molar-refractivity contribution is 0.240. The van der Waals surface area contributed by atoms with Crippen molar-refractivity contribution in [3.05, 3.63) is 71.6 Å². The minimum absolute atomic E-state index is 0.233. The zero-order chi connectivity index (χ0) is 19.1. The Labute approximate surface area is 158 Å². The predicted molar refractivity (Wildman–Crippen MR) is 104 cm³/mol. The molecule has 140 valence electrons. The second-order valence-corrected chi connectivity index (χ2v) is 6.18. The molecule has 1 heterocycles. The topological polar surface area (TPSA) is 76.4 Å². The smallest absolute Gasteiger partial charge is 0.315 e. The monoisotopic (exact) mass is 365 g/mol. The number of methoxy groups -OCH3 is 1. The molecule has 0 bridgehead atoms. The highest BCUT2D eigenvalue weighted by Gasteiger charge is 2.08. The number of oxazole rings is 1. The van der Waals surface area contributed by atoms with Crippen LogP contribution in [0.5, 0.6) is 5.75 Å². The van der Waals surface area contributed by atoms with E-state index >= 15 is 0 Å². The largest absolute Gasteiger partial charge is 0.496 e. The number of carbonyl (C=O) groups is 1. The molecule has 27 heavy (non-hydrogen) atoms. The van der Waals surface area contributed by atoms with Gasteiger partial charge in [-0.3, -0.25) is 0 Å². The number of urea groups is 1. The van der Waals surface area contributed by atoms with Crippen molar-refractivity contribution >= 4 is 6.03 Å². The van der Waals surface area contributed by atoms with Crippen LogP contribution in [0.1, 0.15) is 16.8 Å². The third-order valence-corrected chi connectivity index (χ3v) is 4.15. The predicted octanol–water partition coefficient (Wildman–Crippen LogP) is 3.70. The van der Waals surface area contributed by atoms with Crippen molar-refractivity contribution in [3.8, 4) is 17.2 Å². The highest BCUT2D eigenvalue weighted by atomic mass is 16.5. The van der Waals surface area contributed by atoms with E-state index in [4.69, 9.17) is 9.15 Å². The fraction of sp³-hybridized carbons (Fsp3) is 0.238. The number of hydrogen-bond acceptors (Lipinski definition) is 4. The van der Waals surface area contributed by atoms with Gasteiger partial charge >= 0.3 is 6.03 Å². The van der Waals surface area contributed by atoms with Gasteiger partial charge in [0.2, 0.25) is 5.89 Å². The molecule has 6 heteroatoms. The summed E-state index contributed by atoms with van der Waals surface area (Å²) < 4.78 is 10.8. The summed E-state index contributed by atoms with van der Waals surface area (Å²) in [5.41, 5.74) is 3.85. The van der Waals surface area contributed by atoms with E-state index in [1.165, 1.54) is 5.56 Å². The molecule has 0 fully saturated rings. The van der Waals surface area contributed by atoms with E-state index in [-0.39, 0.29) is 6.03 Å². The van der Waals surface area contributed by atoms with Crippen LogP contribution in [0.3, 0.4) is 0 Å². The number of rotatable bonds is 7. The number of carbonyl (C=O) groups excluding carboxylic acids is 1. The molecule has 0 aliphatic rings. The Hall–Kier alpha value is -3.28. The van der Waals surface area contributed by atoms with E-state index in [9.17, 15) is 4.79 Å². The fourth-order valence-corrected chi connectivity index (χ4v) is 2.64. The Morgan fingerprint density at radius 1 is 1.11 bits per heavy atom. The van der Waals surface area contributed by atoms with Crippen molar-refractivity contribution in [2.75, 3.05) is 13.7 Å². The molecule has 3 rings (SSSR count). The summed E-state index contributed by atoms with van der Waals surface area (Å²) in [6, 6.07) is 15.4. The summed E-state index contributed by atoms with van der Waals surface area (Å²) in [5.74, 6) is 1.34. The second kappa shape index (κ2) is 8.89. The van der Waals surface area contributed by atoms with E-state index < -0.39 is 0 Å². The van der Waals surface area contributed by atoms with Gasteiger partial charge < -0.3 is 19.8 Å². The first-order chi connectivity index (χ1) is 13.2. The third-order valence-electron chi connectivity index (χ3n) is 4.15. The number of nitrogens with one attached hydrogen (secondary N) is 2. The molecular formula is C21H23N3O3. The first-order valence-corrected chi connectivity index (χ1v) is 8.81. The zero-order valence-corrected chi connectivity index (χ0v) is 15.5. The lowest BCUT2D eigenvalue weighted by atomic mass is 10.1. The van der Waals surface area contributed by atoms with Gasteiger partial charge in [-0.05, 0) is 25.1 Å². The van der Waals surface area contributed by atoms with Crippen LogP contribution in [0.4, 0.5) is 4.79 Å². The molecule has 2 amide bonds. The SMILES string of the molecule is COc1ccccc1CNC(=O)NCCc1coc(-c2ccc(C)cc2)n1. The maximum absolute atomic E-state index is 12.0. The standard InChI is InChI=1S/C21H23N3O3/c1-15-7-9-16(10-8-15)20-24-18(14-27-20)11-12-22-21(25)23-13-17-5-3-4-6-19(17)26-2/h3-10,14H,11-13H2,1-2H3,(H2,22,23,25). The number of ether oxygens (including phenoxy) is 1. The van der Waals surface area contributed by atoms with E-state index in [0.29, 0.717) is 25.4 Å². The number of amides is 2. The van der Waals surface area contributed by atoms with Crippen LogP contribution in [0.25, 0.3) is 11.5 Å². The highest BCUT2D eigenvalue weighted by molar-refractivity contribution is 5.73. The van der Waals surface area contributed by atoms with Crippen molar-refractivity contribution in [1.82, 2.24) is 15.6 Å². The van der Waals surface area contributed by atoms with Crippen LogP contribution >= 0.6 is 0 Å². The fourth-order valence-electron chi connectivity index (χ4n) is 2.64. The van der Waals surface area contributed by atoms with E-state index in [1.54, 1.807) is 13.4 Å². The Balaban J connectivity index is 1.44. The summed E-state index contributed by atoms with van der Waals surface area (Å²) >= 11 is 0. The van der Waals surface area contributed by atoms with Gasteiger partial charge in [0.25, 0.3) is 0 Å². The summed E-state index contributed by atoms with van der Waals surface area (Å²) in [6.07, 6.45) is 2.22. The van der Waals surface area contributed by atoms with Crippen LogP contribution in [0.2, 0.25) is 0 Å². The van der Waals surface area contributed by atoms with Gasteiger partial charge in [-0.15, -0.1) is 0 Å². The Morgan fingerprint density at radius 3 is 2.67 bits per heavy atom. The average molecular weight is 365 g/mol. The van der Waals surface area contributed by atoms with Gasteiger partial charge in [-0.25, -0.2) is 9.78 Å². The molecule has 1 aromatic heterocycles. The first kappa shape index (κ1) is 18.5.